The normalized spacial score (nSPS) is 10.9. The fraction of sp³-hybridized carbons (Fsp3) is 1.00. The minimum absolute atomic E-state index is 0.184. The summed E-state index contributed by atoms with van der Waals surface area (Å²) in [5, 5.41) is 0. The van der Waals surface area contributed by atoms with Crippen molar-refractivity contribution < 1.29 is 0 Å². The van der Waals surface area contributed by atoms with E-state index in [1.54, 1.807) is 0 Å². The fourth-order valence-corrected chi connectivity index (χ4v) is 1.40. The van der Waals surface area contributed by atoms with Crippen molar-refractivity contribution in [1.82, 2.24) is 8.60 Å². The molecule has 3 heteroatoms. The first-order valence-corrected chi connectivity index (χ1v) is 5.01. The first-order chi connectivity index (χ1) is 4.13. The maximum absolute atomic E-state index is 3.40. The Kier molecular flexibility index (Phi) is 5.52. The molecule has 0 aliphatic carbocycles. The van der Waals surface area contributed by atoms with Gasteiger partial charge < -0.3 is 8.60 Å². The molecule has 0 aliphatic heterocycles. The van der Waals surface area contributed by atoms with Crippen molar-refractivity contribution in [3.05, 3.63) is 0 Å². The molecular weight excluding hydrogens is 127 g/mol. The van der Waals surface area contributed by atoms with Crippen LogP contribution >= 0.6 is 0 Å². The van der Waals surface area contributed by atoms with Gasteiger partial charge in [0.1, 0.15) is 0 Å². The van der Waals surface area contributed by atoms with Crippen LogP contribution in [0, 0.1) is 0 Å². The Bertz CT molecular complexity index is 56.1. The van der Waals surface area contributed by atoms with Crippen molar-refractivity contribution in [2.45, 2.75) is 39.8 Å². The molecule has 0 fully saturated rings. The van der Waals surface area contributed by atoms with E-state index in [9.17, 15) is 0 Å². The zero-order valence-electron chi connectivity index (χ0n) is 6.86. The Balaban J connectivity index is 2.91. The van der Waals surface area contributed by atoms with Gasteiger partial charge in [0.15, 0.2) is 0 Å². The molecule has 0 atom stereocenters. The van der Waals surface area contributed by atoms with E-state index >= 15 is 0 Å². The maximum atomic E-state index is 3.40. The van der Waals surface area contributed by atoms with Crippen molar-refractivity contribution in [2.75, 3.05) is 0 Å². The summed E-state index contributed by atoms with van der Waals surface area (Å²) < 4.78 is 6.81. The van der Waals surface area contributed by atoms with Gasteiger partial charge in [-0.1, -0.05) is 27.7 Å². The summed E-state index contributed by atoms with van der Waals surface area (Å²) in [5.74, 6) is 0. The largest absolute Gasteiger partial charge is 0.457 e. The molecule has 0 aromatic rings. The first-order valence-electron chi connectivity index (χ1n) is 3.59. The van der Waals surface area contributed by atoms with E-state index in [4.69, 9.17) is 0 Å². The highest BCUT2D eigenvalue weighted by atomic mass is 27.1. The molecule has 0 saturated carbocycles. The Hall–Kier alpha value is 0.452. The van der Waals surface area contributed by atoms with E-state index in [2.05, 4.69) is 36.3 Å². The van der Waals surface area contributed by atoms with Crippen LogP contribution in [0.5, 0.6) is 0 Å². The van der Waals surface area contributed by atoms with Gasteiger partial charge in [-0.25, -0.2) is 0 Å². The van der Waals surface area contributed by atoms with Gasteiger partial charge in [0.25, 0.3) is 0 Å². The van der Waals surface area contributed by atoms with Crippen LogP contribution in [0.4, 0.5) is 0 Å². The minimum atomic E-state index is -0.184. The van der Waals surface area contributed by atoms with Crippen molar-refractivity contribution in [3.8, 4) is 0 Å². The molecule has 54 valence electrons. The van der Waals surface area contributed by atoms with Crippen molar-refractivity contribution in [2.24, 2.45) is 0 Å². The summed E-state index contributed by atoms with van der Waals surface area (Å²) in [6, 6.07) is 1.28. The van der Waals surface area contributed by atoms with Gasteiger partial charge in [0, 0.05) is 0 Å². The van der Waals surface area contributed by atoms with Crippen LogP contribution in [0.15, 0.2) is 0 Å². The maximum Gasteiger partial charge on any atom is 0.457 e. The molecule has 0 radical (unpaired) electrons. The van der Waals surface area contributed by atoms with Crippen molar-refractivity contribution in [1.29, 1.82) is 0 Å². The Labute approximate surface area is 64.6 Å². The molecule has 0 spiro atoms. The second-order valence-corrected chi connectivity index (χ2v) is 4.06. The standard InChI is InChI=1S/2C3H8N.Al.H/c2*1-3(2)4;;/h2*3-4H,1-2H3;;/q2*-1;+2;. The highest BCUT2D eigenvalue weighted by molar-refractivity contribution is 6.28. The van der Waals surface area contributed by atoms with E-state index in [1.165, 1.54) is 0 Å². The van der Waals surface area contributed by atoms with Crippen LogP contribution < -0.4 is 8.60 Å². The van der Waals surface area contributed by atoms with E-state index in [-0.39, 0.29) is 15.7 Å². The summed E-state index contributed by atoms with van der Waals surface area (Å²) in [5.41, 5.74) is 0. The summed E-state index contributed by atoms with van der Waals surface area (Å²) >= 11 is -0.184. The zero-order chi connectivity index (χ0) is 7.28. The Morgan fingerprint density at radius 3 is 1.44 bits per heavy atom. The van der Waals surface area contributed by atoms with E-state index in [1.807, 2.05) is 0 Å². The third-order valence-corrected chi connectivity index (χ3v) is 3.06. The zero-order valence-corrected chi connectivity index (χ0v) is 8.28. The number of hydrogen-bond donors (Lipinski definition) is 2. The molecule has 0 aromatic carbocycles. The van der Waals surface area contributed by atoms with Crippen LogP contribution in [0.25, 0.3) is 0 Å². The predicted molar refractivity (Wildman–Crippen MR) is 43.7 cm³/mol. The Morgan fingerprint density at radius 2 is 1.22 bits per heavy atom. The van der Waals surface area contributed by atoms with Crippen LogP contribution in [-0.4, -0.2) is 27.7 Å². The van der Waals surface area contributed by atoms with Gasteiger partial charge in [-0.15, -0.1) is 0 Å². The lowest BCUT2D eigenvalue weighted by Crippen LogP contribution is -2.40. The lowest BCUT2D eigenvalue weighted by atomic mass is 10.4. The van der Waals surface area contributed by atoms with Gasteiger partial charge in [0.05, 0.1) is 0 Å². The molecule has 0 rings (SSSR count). The SMILES string of the molecule is CC(C)[NH][AlH][NH]C(C)C. The molecule has 0 unspecified atom stereocenters. The van der Waals surface area contributed by atoms with Crippen LogP contribution in [0.1, 0.15) is 27.7 Å². The number of nitrogens with one attached hydrogen (secondary N) is 2. The monoisotopic (exact) mass is 144 g/mol. The molecule has 0 aliphatic rings. The van der Waals surface area contributed by atoms with Gasteiger partial charge in [-0.2, -0.15) is 0 Å². The summed E-state index contributed by atoms with van der Waals surface area (Å²) in [7, 11) is 0. The Morgan fingerprint density at radius 1 is 0.889 bits per heavy atom. The molecule has 0 saturated heterocycles. The van der Waals surface area contributed by atoms with Gasteiger partial charge in [-0.3, -0.25) is 0 Å². The van der Waals surface area contributed by atoms with E-state index in [0.717, 1.165) is 0 Å². The van der Waals surface area contributed by atoms with Gasteiger partial charge in [-0.05, 0) is 12.1 Å². The lowest BCUT2D eigenvalue weighted by molar-refractivity contribution is 0.699. The smallest absolute Gasteiger partial charge is 0.386 e. The molecule has 2 nitrogen and oxygen atoms in total. The highest BCUT2D eigenvalue weighted by Crippen LogP contribution is 1.73. The summed E-state index contributed by atoms with van der Waals surface area (Å²) in [4.78, 5) is 0. The van der Waals surface area contributed by atoms with Crippen LogP contribution in [0.2, 0.25) is 0 Å². The van der Waals surface area contributed by atoms with Gasteiger partial charge >= 0.3 is 15.7 Å². The molecule has 0 bridgehead atoms. The number of rotatable bonds is 4. The van der Waals surface area contributed by atoms with Crippen molar-refractivity contribution >= 4 is 15.7 Å². The summed E-state index contributed by atoms with van der Waals surface area (Å²) in [6.45, 7) is 8.70. The van der Waals surface area contributed by atoms with E-state index < -0.39 is 0 Å². The van der Waals surface area contributed by atoms with E-state index in [0.29, 0.717) is 12.1 Å². The third kappa shape index (κ3) is 8.45. The van der Waals surface area contributed by atoms with Crippen LogP contribution in [-0.2, 0) is 0 Å². The predicted octanol–water partition coefficient (Wildman–Crippen LogP) is 0.249. The minimum Gasteiger partial charge on any atom is -0.386 e. The molecule has 0 amide bonds. The lowest BCUT2D eigenvalue weighted by Gasteiger charge is -2.09. The molecule has 0 heterocycles. The van der Waals surface area contributed by atoms with Crippen molar-refractivity contribution in [3.63, 3.8) is 0 Å². The molecular formula is C6H17AlN2. The molecule has 9 heavy (non-hydrogen) atoms. The first kappa shape index (κ1) is 9.45. The summed E-state index contributed by atoms with van der Waals surface area (Å²) in [6.07, 6.45) is 0. The molecule has 0 aromatic heterocycles. The fourth-order valence-electron chi connectivity index (χ4n) is 0.467. The number of hydrogen-bond acceptors (Lipinski definition) is 2. The topological polar surface area (TPSA) is 24.1 Å². The highest BCUT2D eigenvalue weighted by Gasteiger charge is 1.97. The molecule has 2 N–H and O–H groups in total. The third-order valence-electron chi connectivity index (χ3n) is 1.02. The van der Waals surface area contributed by atoms with Gasteiger partial charge in [0.2, 0.25) is 0 Å². The van der Waals surface area contributed by atoms with Crippen LogP contribution in [0.3, 0.4) is 0 Å². The average Bonchev–Trinajstić information content (AvgIpc) is 1.63. The second kappa shape index (κ2) is 5.25. The second-order valence-electron chi connectivity index (χ2n) is 2.89. The quantitative estimate of drug-likeness (QED) is 0.553. The average molecular weight is 144 g/mol.